The minimum absolute atomic E-state index is 0.143. The zero-order chi connectivity index (χ0) is 26.0. The van der Waals surface area contributed by atoms with Crippen molar-refractivity contribution < 1.29 is 18.0 Å². The number of imidazole rings is 1. The quantitative estimate of drug-likeness (QED) is 0.436. The van der Waals surface area contributed by atoms with Crippen LogP contribution in [0.15, 0.2) is 37.1 Å². The summed E-state index contributed by atoms with van der Waals surface area (Å²) in [4.78, 5) is 24.3. The van der Waals surface area contributed by atoms with E-state index in [0.717, 1.165) is 54.8 Å². The number of nitrogen functional groups attached to an aromatic ring is 1. The molecule has 5 heterocycles. The lowest BCUT2D eigenvalue weighted by Gasteiger charge is -2.34. The molecule has 0 saturated carbocycles. The van der Waals surface area contributed by atoms with Gasteiger partial charge in [0.25, 0.3) is 0 Å². The lowest BCUT2D eigenvalue weighted by atomic mass is 9.95. The summed E-state index contributed by atoms with van der Waals surface area (Å²) < 4.78 is 41.7. The minimum atomic E-state index is -4.51. The van der Waals surface area contributed by atoms with Gasteiger partial charge in [-0.1, -0.05) is 0 Å². The van der Waals surface area contributed by atoms with Crippen molar-refractivity contribution in [3.05, 3.63) is 54.2 Å². The molecule has 0 atom stereocenters. The summed E-state index contributed by atoms with van der Waals surface area (Å²) in [6.45, 7) is 3.32. The summed E-state index contributed by atoms with van der Waals surface area (Å²) >= 11 is 0. The number of pyridine rings is 1. The zero-order valence-corrected chi connectivity index (χ0v) is 20.3. The van der Waals surface area contributed by atoms with Crippen LogP contribution in [0, 0.1) is 0 Å². The number of hydroxylamine groups is 1. The van der Waals surface area contributed by atoms with Crippen molar-refractivity contribution in [3.63, 3.8) is 0 Å². The van der Waals surface area contributed by atoms with Crippen LogP contribution in [0.2, 0.25) is 0 Å². The summed E-state index contributed by atoms with van der Waals surface area (Å²) in [6.07, 6.45) is 3.18. The van der Waals surface area contributed by atoms with E-state index in [-0.39, 0.29) is 5.92 Å². The summed E-state index contributed by atoms with van der Waals surface area (Å²) in [6, 6.07) is 2.61. The average molecular weight is 516 g/mol. The monoisotopic (exact) mass is 515 g/mol. The Morgan fingerprint density at radius 3 is 2.73 bits per heavy atom. The van der Waals surface area contributed by atoms with Crippen LogP contribution >= 0.6 is 0 Å². The van der Waals surface area contributed by atoms with Gasteiger partial charge in [0.1, 0.15) is 35.7 Å². The van der Waals surface area contributed by atoms with Crippen LogP contribution in [0.25, 0.3) is 16.8 Å². The average Bonchev–Trinajstić information content (AvgIpc) is 3.58. The van der Waals surface area contributed by atoms with E-state index in [1.54, 1.807) is 12.3 Å². The van der Waals surface area contributed by atoms with Crippen molar-refractivity contribution in [2.24, 2.45) is 0 Å². The SMILES string of the molecule is CNCCn1cc(-c2ccnc(C(F)(F)F)c2)nc1C1CCN(c2ncnc(N)c2C2=CONC2)CC1. The number of piperidine rings is 1. The molecule has 2 aliphatic rings. The van der Waals surface area contributed by atoms with E-state index in [1.165, 1.54) is 12.5 Å². The third-order valence-electron chi connectivity index (χ3n) is 6.64. The van der Waals surface area contributed by atoms with E-state index in [0.29, 0.717) is 36.7 Å². The lowest BCUT2D eigenvalue weighted by Crippen LogP contribution is -2.35. The molecule has 0 bridgehead atoms. The van der Waals surface area contributed by atoms with Gasteiger partial charge in [-0.15, -0.1) is 0 Å². The second-order valence-corrected chi connectivity index (χ2v) is 9.01. The summed E-state index contributed by atoms with van der Waals surface area (Å²) in [5.41, 5.74) is 10.6. The highest BCUT2D eigenvalue weighted by atomic mass is 19.4. The molecule has 1 fully saturated rings. The number of nitrogens with one attached hydrogen (secondary N) is 2. The first kappa shape index (κ1) is 25.0. The minimum Gasteiger partial charge on any atom is -0.416 e. The third-order valence-corrected chi connectivity index (χ3v) is 6.64. The van der Waals surface area contributed by atoms with Crippen molar-refractivity contribution in [2.75, 3.05) is 43.9 Å². The van der Waals surface area contributed by atoms with Gasteiger partial charge >= 0.3 is 6.18 Å². The normalized spacial score (nSPS) is 16.6. The Bertz CT molecular complexity index is 1280. The summed E-state index contributed by atoms with van der Waals surface area (Å²) in [5, 5.41) is 3.13. The Labute approximate surface area is 211 Å². The molecule has 10 nitrogen and oxygen atoms in total. The molecule has 0 spiro atoms. The van der Waals surface area contributed by atoms with Crippen LogP contribution in [0.4, 0.5) is 24.8 Å². The number of likely N-dealkylation sites (N-methyl/N-ethyl adjacent to an activating group) is 1. The largest absolute Gasteiger partial charge is 0.433 e. The molecule has 37 heavy (non-hydrogen) atoms. The van der Waals surface area contributed by atoms with Gasteiger partial charge in [-0.2, -0.15) is 18.7 Å². The first-order chi connectivity index (χ1) is 17.8. The van der Waals surface area contributed by atoms with E-state index in [4.69, 9.17) is 15.6 Å². The fourth-order valence-corrected chi connectivity index (χ4v) is 4.76. The molecule has 1 saturated heterocycles. The highest BCUT2D eigenvalue weighted by Crippen LogP contribution is 2.36. The van der Waals surface area contributed by atoms with Gasteiger partial charge in [0.05, 0.1) is 17.8 Å². The van der Waals surface area contributed by atoms with Crippen LogP contribution in [0.3, 0.4) is 0 Å². The number of hydrogen-bond donors (Lipinski definition) is 3. The third kappa shape index (κ3) is 5.23. The second kappa shape index (κ2) is 10.3. The van der Waals surface area contributed by atoms with Crippen LogP contribution in [0.5, 0.6) is 0 Å². The Morgan fingerprint density at radius 1 is 1.22 bits per heavy atom. The van der Waals surface area contributed by atoms with Crippen molar-refractivity contribution in [3.8, 4) is 11.3 Å². The number of rotatable bonds is 7. The standard InChI is InChI=1S/C24H28F3N9O/c1-29-6-9-36-12-18(16-2-5-30-19(10-16)24(25,26)27)34-22(36)15-3-7-35(8-4-15)23-20(17-11-33-37-13-17)21(28)31-14-32-23/h2,5,10,12-15,29,33H,3-4,6-9,11H2,1H3,(H2,28,31,32). The maximum Gasteiger partial charge on any atom is 0.433 e. The molecule has 2 aliphatic heterocycles. The fourth-order valence-electron chi connectivity index (χ4n) is 4.76. The molecule has 0 aliphatic carbocycles. The number of aromatic nitrogens is 5. The van der Waals surface area contributed by atoms with Gasteiger partial charge in [-0.3, -0.25) is 4.98 Å². The van der Waals surface area contributed by atoms with Crippen LogP contribution in [-0.4, -0.2) is 57.7 Å². The van der Waals surface area contributed by atoms with E-state index in [9.17, 15) is 13.2 Å². The predicted octanol–water partition coefficient (Wildman–Crippen LogP) is 2.82. The molecule has 0 aromatic carbocycles. The van der Waals surface area contributed by atoms with Gasteiger partial charge in [0.15, 0.2) is 0 Å². The molecule has 13 heteroatoms. The second-order valence-electron chi connectivity index (χ2n) is 9.01. The van der Waals surface area contributed by atoms with Crippen LogP contribution in [-0.2, 0) is 17.6 Å². The lowest BCUT2D eigenvalue weighted by molar-refractivity contribution is -0.141. The van der Waals surface area contributed by atoms with Crippen LogP contribution in [0.1, 0.15) is 35.8 Å². The Hall–Kier alpha value is -3.71. The molecule has 5 rings (SSSR count). The van der Waals surface area contributed by atoms with E-state index in [1.807, 2.05) is 17.8 Å². The van der Waals surface area contributed by atoms with E-state index >= 15 is 0 Å². The van der Waals surface area contributed by atoms with Crippen molar-refractivity contribution in [1.29, 1.82) is 0 Å². The van der Waals surface area contributed by atoms with Gasteiger partial charge in [-0.05, 0) is 32.0 Å². The molecule has 196 valence electrons. The van der Waals surface area contributed by atoms with Gasteiger partial charge in [0, 0.05) is 55.6 Å². The van der Waals surface area contributed by atoms with Crippen LogP contribution < -0.4 is 21.4 Å². The first-order valence-corrected chi connectivity index (χ1v) is 12.0. The number of nitrogens with zero attached hydrogens (tertiary/aromatic N) is 6. The van der Waals surface area contributed by atoms with Crippen molar-refractivity contribution >= 4 is 17.2 Å². The maximum absolute atomic E-state index is 13.2. The summed E-state index contributed by atoms with van der Waals surface area (Å²) in [7, 11) is 1.86. The van der Waals surface area contributed by atoms with Crippen molar-refractivity contribution in [1.82, 2.24) is 35.3 Å². The molecular formula is C24H28F3N9O. The Morgan fingerprint density at radius 2 is 2.03 bits per heavy atom. The number of anilines is 2. The summed E-state index contributed by atoms with van der Waals surface area (Å²) in [5.74, 6) is 2.17. The smallest absolute Gasteiger partial charge is 0.416 e. The zero-order valence-electron chi connectivity index (χ0n) is 20.3. The van der Waals surface area contributed by atoms with E-state index < -0.39 is 11.9 Å². The number of halogens is 3. The Kier molecular flexibility index (Phi) is 6.98. The van der Waals surface area contributed by atoms with Crippen molar-refractivity contribution in [2.45, 2.75) is 31.5 Å². The topological polar surface area (TPSA) is 119 Å². The molecule has 3 aromatic rings. The molecular weight excluding hydrogens is 487 g/mol. The fraction of sp³-hybridized carbons (Fsp3) is 0.417. The first-order valence-electron chi connectivity index (χ1n) is 12.0. The number of nitrogens with two attached hydrogens (primary N) is 1. The molecule has 4 N–H and O–H groups in total. The maximum atomic E-state index is 13.2. The van der Waals surface area contributed by atoms with Gasteiger partial charge in [0.2, 0.25) is 0 Å². The van der Waals surface area contributed by atoms with Gasteiger partial charge in [-0.25, -0.2) is 15.0 Å². The number of alkyl halides is 3. The Balaban J connectivity index is 1.38. The highest BCUT2D eigenvalue weighted by Gasteiger charge is 2.33. The number of hydrogen-bond acceptors (Lipinski definition) is 9. The molecule has 0 amide bonds. The molecule has 3 aromatic heterocycles. The molecule has 0 radical (unpaired) electrons. The highest BCUT2D eigenvalue weighted by molar-refractivity contribution is 5.82. The molecule has 0 unspecified atom stereocenters. The predicted molar refractivity (Wildman–Crippen MR) is 132 cm³/mol. The van der Waals surface area contributed by atoms with Gasteiger partial charge < -0.3 is 25.4 Å². The van der Waals surface area contributed by atoms with E-state index in [2.05, 4.69) is 30.6 Å².